The number of thiazole rings is 1. The van der Waals surface area contributed by atoms with Gasteiger partial charge in [-0.15, -0.1) is 0 Å². The molecule has 0 bridgehead atoms. The highest BCUT2D eigenvalue weighted by atomic mass is 32.2. The Morgan fingerprint density at radius 3 is 2.62 bits per heavy atom. The standard InChI is InChI=1S/C15H19N3OS2/c1-15(2,3)18-11(19)9-20-14-17-12(13(16)21-14)10-7-5-4-6-8-10/h4-8H,9,16H2,1-3H3,(H,18,19). The number of nitrogen functional groups attached to an aromatic ring is 1. The molecule has 0 spiro atoms. The van der Waals surface area contributed by atoms with E-state index in [1.807, 2.05) is 51.1 Å². The quantitative estimate of drug-likeness (QED) is 0.847. The monoisotopic (exact) mass is 321 g/mol. The summed E-state index contributed by atoms with van der Waals surface area (Å²) in [6.45, 7) is 5.89. The van der Waals surface area contributed by atoms with E-state index in [-0.39, 0.29) is 11.4 Å². The summed E-state index contributed by atoms with van der Waals surface area (Å²) in [6.07, 6.45) is 0. The van der Waals surface area contributed by atoms with Crippen molar-refractivity contribution in [1.82, 2.24) is 10.3 Å². The second kappa shape index (κ2) is 6.49. The first-order chi connectivity index (χ1) is 9.85. The van der Waals surface area contributed by atoms with Crippen molar-refractivity contribution in [3.8, 4) is 11.3 Å². The maximum atomic E-state index is 11.8. The SMILES string of the molecule is CC(C)(C)NC(=O)CSc1nc(-c2ccccc2)c(N)s1. The van der Waals surface area contributed by atoms with Gasteiger partial charge in [0.2, 0.25) is 5.91 Å². The average molecular weight is 321 g/mol. The Morgan fingerprint density at radius 1 is 1.33 bits per heavy atom. The third-order valence-corrected chi connectivity index (χ3v) is 4.55. The van der Waals surface area contributed by atoms with Crippen LogP contribution in [0.5, 0.6) is 0 Å². The van der Waals surface area contributed by atoms with Gasteiger partial charge < -0.3 is 11.1 Å². The minimum Gasteiger partial charge on any atom is -0.389 e. The number of nitrogens with zero attached hydrogens (tertiary/aromatic N) is 1. The van der Waals surface area contributed by atoms with Crippen molar-refractivity contribution in [3.63, 3.8) is 0 Å². The Hall–Kier alpha value is -1.53. The van der Waals surface area contributed by atoms with Crippen molar-refractivity contribution >= 4 is 34.0 Å². The van der Waals surface area contributed by atoms with Gasteiger partial charge in [-0.05, 0) is 20.8 Å². The van der Waals surface area contributed by atoms with Crippen LogP contribution in [0.15, 0.2) is 34.7 Å². The number of benzene rings is 1. The van der Waals surface area contributed by atoms with Crippen LogP contribution < -0.4 is 11.1 Å². The first-order valence-electron chi connectivity index (χ1n) is 6.61. The Balaban J connectivity index is 2.02. The Kier molecular flexibility index (Phi) is 4.90. The van der Waals surface area contributed by atoms with Gasteiger partial charge >= 0.3 is 0 Å². The number of amides is 1. The van der Waals surface area contributed by atoms with Crippen molar-refractivity contribution in [2.24, 2.45) is 0 Å². The van der Waals surface area contributed by atoms with Crippen LogP contribution in [0.3, 0.4) is 0 Å². The lowest BCUT2D eigenvalue weighted by Gasteiger charge is -2.19. The first kappa shape index (κ1) is 15.9. The molecule has 2 aromatic rings. The molecule has 0 saturated carbocycles. The second-order valence-electron chi connectivity index (χ2n) is 5.65. The van der Waals surface area contributed by atoms with Gasteiger partial charge in [-0.2, -0.15) is 0 Å². The highest BCUT2D eigenvalue weighted by Gasteiger charge is 2.16. The molecular formula is C15H19N3OS2. The van der Waals surface area contributed by atoms with Crippen molar-refractivity contribution < 1.29 is 4.79 Å². The molecule has 0 aliphatic rings. The van der Waals surface area contributed by atoms with E-state index in [0.29, 0.717) is 10.8 Å². The summed E-state index contributed by atoms with van der Waals surface area (Å²) in [5, 5.41) is 3.61. The van der Waals surface area contributed by atoms with E-state index < -0.39 is 0 Å². The van der Waals surface area contributed by atoms with E-state index in [9.17, 15) is 4.79 Å². The smallest absolute Gasteiger partial charge is 0.230 e. The predicted octanol–water partition coefficient (Wildman–Crippen LogP) is 3.40. The fourth-order valence-electron chi connectivity index (χ4n) is 1.76. The minimum absolute atomic E-state index is 0.00234. The van der Waals surface area contributed by atoms with Gasteiger partial charge in [0.05, 0.1) is 5.75 Å². The summed E-state index contributed by atoms with van der Waals surface area (Å²) in [4.78, 5) is 16.3. The van der Waals surface area contributed by atoms with Crippen LogP contribution in [0.1, 0.15) is 20.8 Å². The maximum Gasteiger partial charge on any atom is 0.230 e. The van der Waals surface area contributed by atoms with Gasteiger partial charge in [0.25, 0.3) is 0 Å². The third-order valence-electron chi connectivity index (χ3n) is 2.52. The van der Waals surface area contributed by atoms with Crippen molar-refractivity contribution in [2.75, 3.05) is 11.5 Å². The van der Waals surface area contributed by atoms with Crippen LogP contribution in [-0.2, 0) is 4.79 Å². The molecule has 1 aromatic carbocycles. The second-order valence-corrected chi connectivity index (χ2v) is 7.90. The van der Waals surface area contributed by atoms with Crippen molar-refractivity contribution in [1.29, 1.82) is 0 Å². The van der Waals surface area contributed by atoms with Crippen molar-refractivity contribution in [3.05, 3.63) is 30.3 Å². The van der Waals surface area contributed by atoms with E-state index in [1.54, 1.807) is 0 Å². The van der Waals surface area contributed by atoms with Crippen LogP contribution in [0.4, 0.5) is 5.00 Å². The molecule has 0 aliphatic heterocycles. The number of rotatable bonds is 4. The summed E-state index contributed by atoms with van der Waals surface area (Å²) in [5.41, 5.74) is 7.60. The number of hydrogen-bond acceptors (Lipinski definition) is 5. The highest BCUT2D eigenvalue weighted by Crippen LogP contribution is 2.35. The predicted molar refractivity (Wildman–Crippen MR) is 90.6 cm³/mol. The van der Waals surface area contributed by atoms with Crippen LogP contribution in [-0.4, -0.2) is 22.2 Å². The van der Waals surface area contributed by atoms with Crippen molar-refractivity contribution in [2.45, 2.75) is 30.6 Å². The molecule has 0 aliphatic carbocycles. The molecule has 1 heterocycles. The zero-order valence-electron chi connectivity index (χ0n) is 12.3. The van der Waals surface area contributed by atoms with Crippen LogP contribution in [0.25, 0.3) is 11.3 Å². The molecule has 0 saturated heterocycles. The summed E-state index contributed by atoms with van der Waals surface area (Å²) in [6, 6.07) is 9.83. The summed E-state index contributed by atoms with van der Waals surface area (Å²) in [7, 11) is 0. The van der Waals surface area contributed by atoms with E-state index in [4.69, 9.17) is 5.73 Å². The molecule has 0 atom stereocenters. The number of hydrogen-bond donors (Lipinski definition) is 2. The van der Waals surface area contributed by atoms with E-state index in [1.165, 1.54) is 23.1 Å². The lowest BCUT2D eigenvalue weighted by Crippen LogP contribution is -2.41. The van der Waals surface area contributed by atoms with Crippen LogP contribution in [0.2, 0.25) is 0 Å². The zero-order chi connectivity index (χ0) is 15.5. The van der Waals surface area contributed by atoms with Gasteiger partial charge in [-0.25, -0.2) is 4.98 Å². The molecule has 21 heavy (non-hydrogen) atoms. The molecule has 1 aromatic heterocycles. The molecule has 1 amide bonds. The Labute approximate surface area is 133 Å². The topological polar surface area (TPSA) is 68.0 Å². The van der Waals surface area contributed by atoms with Crippen LogP contribution >= 0.6 is 23.1 Å². The largest absolute Gasteiger partial charge is 0.389 e. The molecule has 0 fully saturated rings. The fraction of sp³-hybridized carbons (Fsp3) is 0.333. The highest BCUT2D eigenvalue weighted by molar-refractivity contribution is 8.01. The summed E-state index contributed by atoms with van der Waals surface area (Å²) in [5.74, 6) is 0.348. The van der Waals surface area contributed by atoms with E-state index >= 15 is 0 Å². The first-order valence-corrected chi connectivity index (χ1v) is 8.41. The lowest BCUT2D eigenvalue weighted by atomic mass is 10.1. The molecule has 112 valence electrons. The van der Waals surface area contributed by atoms with Gasteiger partial charge in [0.15, 0.2) is 4.34 Å². The summed E-state index contributed by atoms with van der Waals surface area (Å²) < 4.78 is 0.815. The Morgan fingerprint density at radius 2 is 2.00 bits per heavy atom. The zero-order valence-corrected chi connectivity index (χ0v) is 14.0. The summed E-state index contributed by atoms with van der Waals surface area (Å²) >= 11 is 2.83. The van der Waals surface area contributed by atoms with E-state index in [0.717, 1.165) is 15.6 Å². The molecule has 6 heteroatoms. The normalized spacial score (nSPS) is 11.4. The number of carbonyl (C=O) groups is 1. The number of anilines is 1. The number of nitrogens with two attached hydrogens (primary N) is 1. The third kappa shape index (κ3) is 4.75. The van der Waals surface area contributed by atoms with Gasteiger partial charge in [-0.3, -0.25) is 4.79 Å². The van der Waals surface area contributed by atoms with Gasteiger partial charge in [0, 0.05) is 11.1 Å². The van der Waals surface area contributed by atoms with E-state index in [2.05, 4.69) is 10.3 Å². The van der Waals surface area contributed by atoms with Crippen LogP contribution in [0, 0.1) is 0 Å². The average Bonchev–Trinajstić information content (AvgIpc) is 2.77. The molecule has 4 nitrogen and oxygen atoms in total. The lowest BCUT2D eigenvalue weighted by molar-refractivity contribution is -0.119. The Bertz CT molecular complexity index is 618. The molecule has 0 unspecified atom stereocenters. The van der Waals surface area contributed by atoms with Gasteiger partial charge in [0.1, 0.15) is 10.7 Å². The number of nitrogens with one attached hydrogen (secondary N) is 1. The van der Waals surface area contributed by atoms with Gasteiger partial charge in [-0.1, -0.05) is 53.4 Å². The maximum absolute atomic E-state index is 11.8. The number of thioether (sulfide) groups is 1. The number of aromatic nitrogens is 1. The minimum atomic E-state index is -0.214. The fourth-order valence-corrected chi connectivity index (χ4v) is 3.51. The molecule has 2 rings (SSSR count). The number of carbonyl (C=O) groups excluding carboxylic acids is 1. The molecule has 3 N–H and O–H groups in total. The molecule has 0 radical (unpaired) electrons. The molecular weight excluding hydrogens is 302 g/mol.